The Morgan fingerprint density at radius 3 is 2.58 bits per heavy atom. The predicted molar refractivity (Wildman–Crippen MR) is 110 cm³/mol. The normalized spacial score (nSPS) is 13.3. The summed E-state index contributed by atoms with van der Waals surface area (Å²) in [7, 11) is 2.12. The summed E-state index contributed by atoms with van der Waals surface area (Å²) in [5.74, 6) is 0.809. The molecule has 1 aliphatic heterocycles. The van der Waals surface area contributed by atoms with Crippen LogP contribution in [0.25, 0.3) is 11.1 Å². The van der Waals surface area contributed by atoms with Crippen molar-refractivity contribution in [1.29, 1.82) is 0 Å². The number of halogens is 1. The van der Waals surface area contributed by atoms with Gasteiger partial charge < -0.3 is 9.47 Å². The first-order valence-electron chi connectivity index (χ1n) is 8.88. The average molecular weight is 367 g/mol. The number of benzene rings is 2. The zero-order valence-corrected chi connectivity index (χ0v) is 16.2. The molecule has 1 aliphatic rings. The second-order valence-corrected chi connectivity index (χ2v) is 7.75. The number of thioether (sulfide) groups is 1. The molecular weight excluding hydrogens is 343 g/mol. The Labute approximate surface area is 158 Å². The topological polar surface area (TPSA) is 8.17 Å². The smallest absolute Gasteiger partial charge is 0.123 e. The van der Waals surface area contributed by atoms with E-state index in [4.69, 9.17) is 0 Å². The third-order valence-corrected chi connectivity index (χ3v) is 5.91. The van der Waals surface area contributed by atoms with Gasteiger partial charge in [-0.1, -0.05) is 6.07 Å². The highest BCUT2D eigenvalue weighted by molar-refractivity contribution is 7.97. The molecule has 0 radical (unpaired) electrons. The number of aromatic nitrogens is 1. The molecule has 0 N–H and O–H groups in total. The lowest BCUT2D eigenvalue weighted by molar-refractivity contribution is 0.627. The van der Waals surface area contributed by atoms with Crippen LogP contribution in [0.3, 0.4) is 0 Å². The Morgan fingerprint density at radius 1 is 1.08 bits per heavy atom. The summed E-state index contributed by atoms with van der Waals surface area (Å²) in [6.07, 6.45) is 5.36. The maximum Gasteiger partial charge on any atom is 0.123 e. The van der Waals surface area contributed by atoms with Gasteiger partial charge in [-0.3, -0.25) is 0 Å². The van der Waals surface area contributed by atoms with Crippen molar-refractivity contribution in [2.45, 2.75) is 19.1 Å². The van der Waals surface area contributed by atoms with E-state index in [1.165, 1.54) is 33.6 Å². The van der Waals surface area contributed by atoms with Crippen LogP contribution in [0.1, 0.15) is 16.8 Å². The highest BCUT2D eigenvalue weighted by Gasteiger charge is 2.24. The van der Waals surface area contributed by atoms with Crippen LogP contribution in [0.4, 0.5) is 15.8 Å². The van der Waals surface area contributed by atoms with Gasteiger partial charge in [0.2, 0.25) is 0 Å². The van der Waals surface area contributed by atoms with Crippen molar-refractivity contribution >= 4 is 23.1 Å². The summed E-state index contributed by atoms with van der Waals surface area (Å²) in [6, 6.07) is 13.6. The summed E-state index contributed by atoms with van der Waals surface area (Å²) in [5.41, 5.74) is 8.92. The minimum Gasteiger partial charge on any atom is -0.354 e. The molecule has 2 aromatic carbocycles. The highest BCUT2D eigenvalue weighted by atomic mass is 32.2. The molecule has 4 rings (SSSR count). The largest absolute Gasteiger partial charge is 0.354 e. The van der Waals surface area contributed by atoms with Gasteiger partial charge in [0.25, 0.3) is 0 Å². The van der Waals surface area contributed by atoms with E-state index in [2.05, 4.69) is 54.1 Å². The van der Waals surface area contributed by atoms with Crippen LogP contribution < -0.4 is 4.90 Å². The van der Waals surface area contributed by atoms with E-state index >= 15 is 0 Å². The molecule has 0 amide bonds. The first-order chi connectivity index (χ1) is 12.6. The molecule has 0 aliphatic carbocycles. The predicted octanol–water partition coefficient (Wildman–Crippen LogP) is 5.70. The van der Waals surface area contributed by atoms with Gasteiger partial charge in [0, 0.05) is 53.7 Å². The molecule has 0 unspecified atom stereocenters. The fourth-order valence-corrected chi connectivity index (χ4v) is 4.36. The van der Waals surface area contributed by atoms with Gasteiger partial charge in [0.15, 0.2) is 0 Å². The Hall–Kier alpha value is -2.20. The van der Waals surface area contributed by atoms with Gasteiger partial charge in [0.05, 0.1) is 0 Å². The van der Waals surface area contributed by atoms with Crippen LogP contribution in [-0.4, -0.2) is 17.4 Å². The van der Waals surface area contributed by atoms with Crippen LogP contribution in [0.2, 0.25) is 0 Å². The minimum atomic E-state index is -0.195. The SMILES string of the molecule is CSCc1ccc2c(c1)-c1cn(C)c(C)c1CCN2c1ccc(F)cc1. The standard InChI is InChI=1S/C22H23FN2S/c1-15-19-10-11-25(18-7-5-17(23)6-8-18)22-9-4-16(14-26-3)12-20(22)21(19)13-24(15)2/h4-9,12-13H,10-11,14H2,1-3H3. The number of rotatable bonds is 3. The van der Waals surface area contributed by atoms with E-state index in [9.17, 15) is 4.39 Å². The van der Waals surface area contributed by atoms with Crippen molar-refractivity contribution in [3.05, 3.63) is 71.3 Å². The van der Waals surface area contributed by atoms with Gasteiger partial charge in [-0.2, -0.15) is 11.8 Å². The van der Waals surface area contributed by atoms with Gasteiger partial charge in [-0.05, 0) is 67.1 Å². The maximum absolute atomic E-state index is 13.4. The molecule has 0 saturated heterocycles. The van der Waals surface area contributed by atoms with Crippen LogP contribution in [0.15, 0.2) is 48.7 Å². The molecule has 1 aromatic heterocycles. The van der Waals surface area contributed by atoms with E-state index in [0.717, 1.165) is 24.4 Å². The lowest BCUT2D eigenvalue weighted by atomic mass is 9.99. The van der Waals surface area contributed by atoms with Gasteiger partial charge >= 0.3 is 0 Å². The van der Waals surface area contributed by atoms with Crippen molar-refractivity contribution in [3.63, 3.8) is 0 Å². The van der Waals surface area contributed by atoms with Crippen LogP contribution in [0, 0.1) is 12.7 Å². The number of nitrogens with zero attached hydrogens (tertiary/aromatic N) is 2. The third-order valence-electron chi connectivity index (χ3n) is 5.29. The molecule has 134 valence electrons. The number of anilines is 2. The zero-order chi connectivity index (χ0) is 18.3. The summed E-state index contributed by atoms with van der Waals surface area (Å²) in [6.45, 7) is 3.08. The van der Waals surface area contributed by atoms with E-state index in [1.807, 2.05) is 23.9 Å². The Kier molecular flexibility index (Phi) is 4.53. The molecule has 0 spiro atoms. The van der Waals surface area contributed by atoms with E-state index in [-0.39, 0.29) is 5.82 Å². The molecule has 26 heavy (non-hydrogen) atoms. The average Bonchev–Trinajstić information content (AvgIpc) is 2.83. The number of hydrogen-bond donors (Lipinski definition) is 0. The fraction of sp³-hybridized carbons (Fsp3) is 0.273. The van der Waals surface area contributed by atoms with Gasteiger partial charge in [-0.15, -0.1) is 0 Å². The highest BCUT2D eigenvalue weighted by Crippen LogP contribution is 2.42. The third kappa shape index (κ3) is 2.92. The molecule has 4 heteroatoms. The summed E-state index contributed by atoms with van der Waals surface area (Å²) >= 11 is 1.84. The van der Waals surface area contributed by atoms with Crippen molar-refractivity contribution in [2.24, 2.45) is 7.05 Å². The number of hydrogen-bond acceptors (Lipinski definition) is 2. The summed E-state index contributed by atoms with van der Waals surface area (Å²) < 4.78 is 15.6. The van der Waals surface area contributed by atoms with Gasteiger partial charge in [0.1, 0.15) is 5.82 Å². The van der Waals surface area contributed by atoms with Crippen molar-refractivity contribution in [1.82, 2.24) is 4.57 Å². The molecule has 3 aromatic rings. The number of aryl methyl sites for hydroxylation is 1. The lowest BCUT2D eigenvalue weighted by Crippen LogP contribution is -2.19. The van der Waals surface area contributed by atoms with E-state index in [0.29, 0.717) is 0 Å². The van der Waals surface area contributed by atoms with Crippen molar-refractivity contribution < 1.29 is 4.39 Å². The molecular formula is C22H23FN2S. The Bertz CT molecular complexity index is 944. The molecule has 0 saturated carbocycles. The van der Waals surface area contributed by atoms with Crippen LogP contribution in [-0.2, 0) is 19.2 Å². The first-order valence-corrected chi connectivity index (χ1v) is 10.3. The quantitative estimate of drug-likeness (QED) is 0.588. The second kappa shape index (κ2) is 6.84. The van der Waals surface area contributed by atoms with E-state index in [1.54, 1.807) is 12.1 Å². The number of fused-ring (bicyclic) bond motifs is 3. The molecule has 0 fully saturated rings. The van der Waals surface area contributed by atoms with Crippen molar-refractivity contribution in [3.8, 4) is 11.1 Å². The van der Waals surface area contributed by atoms with E-state index < -0.39 is 0 Å². The first kappa shape index (κ1) is 17.2. The molecule has 0 atom stereocenters. The Balaban J connectivity index is 1.90. The monoisotopic (exact) mass is 366 g/mol. The zero-order valence-electron chi connectivity index (χ0n) is 15.4. The fourth-order valence-electron chi connectivity index (χ4n) is 3.85. The van der Waals surface area contributed by atoms with Gasteiger partial charge in [-0.25, -0.2) is 4.39 Å². The summed E-state index contributed by atoms with van der Waals surface area (Å²) in [4.78, 5) is 2.32. The summed E-state index contributed by atoms with van der Waals surface area (Å²) in [5, 5.41) is 0. The second-order valence-electron chi connectivity index (χ2n) is 6.88. The Morgan fingerprint density at radius 2 is 1.85 bits per heavy atom. The minimum absolute atomic E-state index is 0.195. The van der Waals surface area contributed by atoms with Crippen molar-refractivity contribution in [2.75, 3.05) is 17.7 Å². The lowest BCUT2D eigenvalue weighted by Gasteiger charge is -2.26. The molecule has 2 nitrogen and oxygen atoms in total. The molecule has 0 bridgehead atoms. The van der Waals surface area contributed by atoms with Crippen LogP contribution >= 0.6 is 11.8 Å². The van der Waals surface area contributed by atoms with Crippen LogP contribution in [0.5, 0.6) is 0 Å². The maximum atomic E-state index is 13.4. The molecule has 2 heterocycles.